The van der Waals surface area contributed by atoms with Crippen LogP contribution in [0, 0.1) is 0 Å². The van der Waals surface area contributed by atoms with Crippen molar-refractivity contribution in [2.24, 2.45) is 0 Å². The summed E-state index contributed by atoms with van der Waals surface area (Å²) in [7, 11) is 0. The van der Waals surface area contributed by atoms with Gasteiger partial charge in [-0.3, -0.25) is 9.48 Å². The summed E-state index contributed by atoms with van der Waals surface area (Å²) < 4.78 is 7.38. The summed E-state index contributed by atoms with van der Waals surface area (Å²) in [6, 6.07) is 2.34. The Balaban J connectivity index is 1.64. The number of hydrogen-bond donors (Lipinski definition) is 0. The summed E-state index contributed by atoms with van der Waals surface area (Å²) in [6.45, 7) is 5.79. The lowest BCUT2D eigenvalue weighted by Gasteiger charge is -2.35. The summed E-state index contributed by atoms with van der Waals surface area (Å²) in [5.41, 5.74) is 1.31. The van der Waals surface area contributed by atoms with Crippen LogP contribution >= 0.6 is 11.3 Å². The molecule has 22 heavy (non-hydrogen) atoms. The highest BCUT2D eigenvalue weighted by molar-refractivity contribution is 7.10. The van der Waals surface area contributed by atoms with Gasteiger partial charge in [-0.25, -0.2) is 0 Å². The molecule has 1 aliphatic rings. The number of hydrogen-bond acceptors (Lipinski definition) is 4. The zero-order valence-corrected chi connectivity index (χ0v) is 13.8. The maximum atomic E-state index is 12.5. The summed E-state index contributed by atoms with van der Waals surface area (Å²) in [5, 5.41) is 6.27. The van der Waals surface area contributed by atoms with Gasteiger partial charge in [-0.1, -0.05) is 6.92 Å². The molecule has 0 radical (unpaired) electrons. The van der Waals surface area contributed by atoms with Crippen molar-refractivity contribution in [1.29, 1.82) is 0 Å². The largest absolute Gasteiger partial charge is 0.480 e. The first-order valence-electron chi connectivity index (χ1n) is 7.74. The van der Waals surface area contributed by atoms with Crippen molar-refractivity contribution >= 4 is 17.2 Å². The molecule has 6 heteroatoms. The Bertz CT molecular complexity index is 649. The molecular formula is C16H21N3O2S. The first-order valence-corrected chi connectivity index (χ1v) is 8.61. The molecule has 2 aromatic rings. The van der Waals surface area contributed by atoms with E-state index < -0.39 is 0 Å². The molecule has 3 heterocycles. The minimum atomic E-state index is 0.0490. The second-order valence-corrected chi connectivity index (χ2v) is 6.38. The van der Waals surface area contributed by atoms with Crippen LogP contribution in [0.5, 0.6) is 5.75 Å². The van der Waals surface area contributed by atoms with E-state index in [4.69, 9.17) is 4.74 Å². The van der Waals surface area contributed by atoms with E-state index in [1.165, 1.54) is 10.4 Å². The summed E-state index contributed by atoms with van der Waals surface area (Å²) >= 11 is 1.79. The van der Waals surface area contributed by atoms with Crippen LogP contribution in [-0.4, -0.2) is 33.7 Å². The molecule has 0 unspecified atom stereocenters. The quantitative estimate of drug-likeness (QED) is 0.851. The molecule has 0 saturated carbocycles. The van der Waals surface area contributed by atoms with Crippen LogP contribution in [0.15, 0.2) is 23.8 Å². The molecule has 0 saturated heterocycles. The Hall–Kier alpha value is -1.82. The molecule has 0 fully saturated rings. The predicted molar refractivity (Wildman–Crippen MR) is 86.2 cm³/mol. The molecule has 118 valence electrons. The van der Waals surface area contributed by atoms with E-state index in [-0.39, 0.29) is 18.6 Å². The van der Waals surface area contributed by atoms with Crippen molar-refractivity contribution in [3.05, 3.63) is 34.3 Å². The third-order valence-corrected chi connectivity index (χ3v) is 5.09. The van der Waals surface area contributed by atoms with Crippen molar-refractivity contribution in [2.75, 3.05) is 13.2 Å². The molecule has 1 atom stereocenters. The Kier molecular flexibility index (Phi) is 4.47. The maximum absolute atomic E-state index is 12.5. The van der Waals surface area contributed by atoms with Crippen molar-refractivity contribution < 1.29 is 9.53 Å². The fourth-order valence-electron chi connectivity index (χ4n) is 2.96. The Morgan fingerprint density at radius 1 is 1.50 bits per heavy atom. The van der Waals surface area contributed by atoms with Crippen molar-refractivity contribution in [3.63, 3.8) is 0 Å². The van der Waals surface area contributed by atoms with Gasteiger partial charge < -0.3 is 9.64 Å². The topological polar surface area (TPSA) is 47.4 Å². The molecule has 1 aliphatic heterocycles. The number of fused-ring (bicyclic) bond motifs is 1. The van der Waals surface area contributed by atoms with Crippen molar-refractivity contribution in [2.45, 2.75) is 39.3 Å². The number of ether oxygens (including phenoxy) is 1. The lowest BCUT2D eigenvalue weighted by atomic mass is 9.98. The molecular weight excluding hydrogens is 298 g/mol. The minimum absolute atomic E-state index is 0.0490. The lowest BCUT2D eigenvalue weighted by molar-refractivity contribution is -0.136. The van der Waals surface area contributed by atoms with Gasteiger partial charge in [0.25, 0.3) is 5.91 Å². The number of carbonyl (C=O) groups is 1. The fraction of sp³-hybridized carbons (Fsp3) is 0.500. The number of thiophene rings is 1. The van der Waals surface area contributed by atoms with Crippen LogP contribution in [-0.2, 0) is 17.8 Å². The zero-order valence-electron chi connectivity index (χ0n) is 13.0. The number of aromatic nitrogens is 2. The van der Waals surface area contributed by atoms with Gasteiger partial charge in [-0.05, 0) is 36.8 Å². The van der Waals surface area contributed by atoms with E-state index in [2.05, 4.69) is 23.5 Å². The van der Waals surface area contributed by atoms with Crippen LogP contribution < -0.4 is 4.74 Å². The third-order valence-electron chi connectivity index (χ3n) is 4.10. The minimum Gasteiger partial charge on any atom is -0.480 e. The fourth-order valence-corrected chi connectivity index (χ4v) is 3.88. The molecule has 0 spiro atoms. The van der Waals surface area contributed by atoms with Gasteiger partial charge in [-0.15, -0.1) is 11.3 Å². The smallest absolute Gasteiger partial charge is 0.261 e. The van der Waals surface area contributed by atoms with Crippen LogP contribution in [0.25, 0.3) is 0 Å². The molecule has 1 amide bonds. The van der Waals surface area contributed by atoms with Gasteiger partial charge >= 0.3 is 0 Å². The van der Waals surface area contributed by atoms with Gasteiger partial charge in [0.2, 0.25) is 0 Å². The van der Waals surface area contributed by atoms with Crippen LogP contribution in [0.3, 0.4) is 0 Å². The number of carbonyl (C=O) groups excluding carboxylic acids is 1. The van der Waals surface area contributed by atoms with E-state index in [1.807, 2.05) is 18.0 Å². The zero-order chi connectivity index (χ0) is 15.5. The molecule has 0 bridgehead atoms. The summed E-state index contributed by atoms with van der Waals surface area (Å²) in [6.07, 6.45) is 5.35. The first-order chi connectivity index (χ1) is 10.7. The Labute approximate surface area is 134 Å². The second kappa shape index (κ2) is 6.52. The number of aryl methyl sites for hydroxylation is 1. The lowest BCUT2D eigenvalue weighted by Crippen LogP contribution is -2.41. The van der Waals surface area contributed by atoms with Crippen LogP contribution in [0.1, 0.15) is 36.8 Å². The van der Waals surface area contributed by atoms with Gasteiger partial charge in [0, 0.05) is 18.0 Å². The third kappa shape index (κ3) is 2.88. The van der Waals surface area contributed by atoms with Gasteiger partial charge in [0.1, 0.15) is 0 Å². The van der Waals surface area contributed by atoms with E-state index in [0.29, 0.717) is 5.75 Å². The first kappa shape index (κ1) is 15.1. The molecule has 3 rings (SSSR count). The van der Waals surface area contributed by atoms with Gasteiger partial charge in [0.15, 0.2) is 12.4 Å². The predicted octanol–water partition coefficient (Wildman–Crippen LogP) is 2.88. The monoisotopic (exact) mass is 319 g/mol. The molecule has 5 nitrogen and oxygen atoms in total. The van der Waals surface area contributed by atoms with E-state index >= 15 is 0 Å². The van der Waals surface area contributed by atoms with Crippen LogP contribution in [0.4, 0.5) is 0 Å². The highest BCUT2D eigenvalue weighted by Gasteiger charge is 2.30. The Morgan fingerprint density at radius 3 is 3.09 bits per heavy atom. The molecule has 0 N–H and O–H groups in total. The standard InChI is InChI=1S/C16H21N3O2S/c1-3-14-13-6-8-22-15(13)5-7-19(14)16(20)11-21-12-9-17-18(4-2)10-12/h6,8-10,14H,3-5,7,11H2,1-2H3/t14-/m0/s1. The SMILES string of the molecule is CC[C@H]1c2ccsc2CCN1C(=O)COc1cnn(CC)c1. The Morgan fingerprint density at radius 2 is 2.36 bits per heavy atom. The van der Waals surface area contributed by atoms with Crippen molar-refractivity contribution in [3.8, 4) is 5.75 Å². The second-order valence-electron chi connectivity index (χ2n) is 5.38. The number of nitrogens with zero attached hydrogens (tertiary/aromatic N) is 3. The van der Waals surface area contributed by atoms with E-state index in [1.54, 1.807) is 22.2 Å². The average Bonchev–Trinajstić information content (AvgIpc) is 3.19. The molecule has 0 aromatic carbocycles. The average molecular weight is 319 g/mol. The highest BCUT2D eigenvalue weighted by Crippen LogP contribution is 2.35. The van der Waals surface area contributed by atoms with Gasteiger partial charge in [-0.2, -0.15) is 5.10 Å². The van der Waals surface area contributed by atoms with Crippen molar-refractivity contribution in [1.82, 2.24) is 14.7 Å². The number of amides is 1. The highest BCUT2D eigenvalue weighted by atomic mass is 32.1. The van der Waals surface area contributed by atoms with Gasteiger partial charge in [0.05, 0.1) is 18.4 Å². The summed E-state index contributed by atoms with van der Waals surface area (Å²) in [5.74, 6) is 0.699. The molecule has 2 aromatic heterocycles. The normalized spacial score (nSPS) is 17.4. The van der Waals surface area contributed by atoms with E-state index in [9.17, 15) is 4.79 Å². The van der Waals surface area contributed by atoms with Crippen LogP contribution in [0.2, 0.25) is 0 Å². The van der Waals surface area contributed by atoms with E-state index in [0.717, 1.165) is 25.9 Å². The maximum Gasteiger partial charge on any atom is 0.261 e. The number of rotatable bonds is 5. The molecule has 0 aliphatic carbocycles. The summed E-state index contributed by atoms with van der Waals surface area (Å²) in [4.78, 5) is 15.9.